The summed E-state index contributed by atoms with van der Waals surface area (Å²) in [5.41, 5.74) is 2.52. The van der Waals surface area contributed by atoms with Crippen LogP contribution in [0.1, 0.15) is 11.1 Å². The second-order valence-corrected chi connectivity index (χ2v) is 6.99. The van der Waals surface area contributed by atoms with E-state index < -0.39 is 0 Å². The lowest BCUT2D eigenvalue weighted by Crippen LogP contribution is -2.49. The Bertz CT molecular complexity index is 713. The summed E-state index contributed by atoms with van der Waals surface area (Å²) in [6.45, 7) is 6.02. The third-order valence-electron chi connectivity index (χ3n) is 4.95. The van der Waals surface area contributed by atoms with Crippen LogP contribution in [0.3, 0.4) is 0 Å². The summed E-state index contributed by atoms with van der Waals surface area (Å²) in [6.07, 6.45) is 0.813. The van der Waals surface area contributed by atoms with Gasteiger partial charge in [-0.3, -0.25) is 14.6 Å². The van der Waals surface area contributed by atoms with Gasteiger partial charge in [-0.1, -0.05) is 42.5 Å². The monoisotopic (exact) mass is 367 g/mol. The first-order valence-corrected chi connectivity index (χ1v) is 9.61. The first kappa shape index (κ1) is 19.4. The number of methoxy groups -OCH3 is 1. The van der Waals surface area contributed by atoms with E-state index in [1.165, 1.54) is 11.1 Å². The zero-order chi connectivity index (χ0) is 18.9. The highest BCUT2D eigenvalue weighted by atomic mass is 16.5. The molecule has 2 aromatic rings. The van der Waals surface area contributed by atoms with Crippen LogP contribution >= 0.6 is 0 Å². The zero-order valence-electron chi connectivity index (χ0n) is 16.1. The van der Waals surface area contributed by atoms with E-state index >= 15 is 0 Å². The van der Waals surface area contributed by atoms with Crippen molar-refractivity contribution in [1.82, 2.24) is 15.1 Å². The summed E-state index contributed by atoms with van der Waals surface area (Å²) in [4.78, 5) is 16.9. The Labute approximate surface area is 161 Å². The van der Waals surface area contributed by atoms with E-state index in [0.29, 0.717) is 13.1 Å². The van der Waals surface area contributed by atoms with Crippen molar-refractivity contribution in [1.29, 1.82) is 0 Å². The Morgan fingerprint density at radius 2 is 1.67 bits per heavy atom. The fraction of sp³-hybridized carbons (Fsp3) is 0.409. The second kappa shape index (κ2) is 10.1. The van der Waals surface area contributed by atoms with Gasteiger partial charge >= 0.3 is 0 Å². The maximum Gasteiger partial charge on any atom is 0.234 e. The molecule has 5 nitrogen and oxygen atoms in total. The highest BCUT2D eigenvalue weighted by Gasteiger charge is 2.18. The van der Waals surface area contributed by atoms with Crippen molar-refractivity contribution < 1.29 is 9.53 Å². The van der Waals surface area contributed by atoms with E-state index in [0.717, 1.165) is 44.9 Å². The number of piperazine rings is 1. The molecule has 1 N–H and O–H groups in total. The molecule has 1 aliphatic rings. The van der Waals surface area contributed by atoms with E-state index in [1.807, 2.05) is 24.3 Å². The van der Waals surface area contributed by atoms with Gasteiger partial charge in [-0.15, -0.1) is 0 Å². The molecule has 0 atom stereocenters. The molecule has 1 saturated heterocycles. The number of carbonyl (C=O) groups is 1. The smallest absolute Gasteiger partial charge is 0.234 e. The van der Waals surface area contributed by atoms with Crippen molar-refractivity contribution in [2.24, 2.45) is 0 Å². The number of nitrogens with zero attached hydrogens (tertiary/aromatic N) is 2. The molecule has 0 radical (unpaired) electrons. The Morgan fingerprint density at radius 1 is 0.963 bits per heavy atom. The normalized spacial score (nSPS) is 15.4. The number of hydrogen-bond acceptors (Lipinski definition) is 4. The predicted octanol–water partition coefficient (Wildman–Crippen LogP) is 2.17. The van der Waals surface area contributed by atoms with Crippen LogP contribution in [0, 0.1) is 0 Å². The molecular weight excluding hydrogens is 338 g/mol. The molecule has 5 heteroatoms. The Balaban J connectivity index is 1.33. The lowest BCUT2D eigenvalue weighted by Gasteiger charge is -2.34. The molecule has 0 spiro atoms. The van der Waals surface area contributed by atoms with Gasteiger partial charge in [0, 0.05) is 39.3 Å². The van der Waals surface area contributed by atoms with Gasteiger partial charge in [-0.2, -0.15) is 0 Å². The van der Waals surface area contributed by atoms with Crippen molar-refractivity contribution in [2.45, 2.75) is 13.0 Å². The van der Waals surface area contributed by atoms with E-state index in [-0.39, 0.29) is 5.91 Å². The number of benzene rings is 2. The number of hydrogen-bond donors (Lipinski definition) is 1. The molecule has 0 saturated carbocycles. The molecule has 0 aliphatic carbocycles. The van der Waals surface area contributed by atoms with Gasteiger partial charge in [0.1, 0.15) is 5.75 Å². The van der Waals surface area contributed by atoms with Crippen molar-refractivity contribution in [3.63, 3.8) is 0 Å². The van der Waals surface area contributed by atoms with E-state index in [1.54, 1.807) is 7.11 Å². The number of nitrogens with one attached hydrogen (secondary N) is 1. The topological polar surface area (TPSA) is 44.8 Å². The fourth-order valence-electron chi connectivity index (χ4n) is 3.38. The third kappa shape index (κ3) is 6.38. The quantitative estimate of drug-likeness (QED) is 0.777. The van der Waals surface area contributed by atoms with Gasteiger partial charge in [0.25, 0.3) is 0 Å². The Kier molecular flexibility index (Phi) is 7.25. The summed E-state index contributed by atoms with van der Waals surface area (Å²) >= 11 is 0. The van der Waals surface area contributed by atoms with Crippen LogP contribution in [0.4, 0.5) is 0 Å². The summed E-state index contributed by atoms with van der Waals surface area (Å²) in [7, 11) is 1.67. The lowest BCUT2D eigenvalue weighted by atomic mass is 10.1. The van der Waals surface area contributed by atoms with E-state index in [4.69, 9.17) is 4.74 Å². The molecule has 27 heavy (non-hydrogen) atoms. The Hall–Kier alpha value is -2.37. The van der Waals surface area contributed by atoms with Crippen molar-refractivity contribution in [3.8, 4) is 5.75 Å². The number of rotatable bonds is 8. The first-order chi connectivity index (χ1) is 13.2. The summed E-state index contributed by atoms with van der Waals surface area (Å²) < 4.78 is 5.23. The molecular formula is C22H29N3O2. The SMILES string of the molecule is COc1cccc(CCNC(=O)CN2CCN(Cc3ccccc3)CC2)c1. The van der Waals surface area contributed by atoms with Gasteiger partial charge in [-0.05, 0) is 29.7 Å². The molecule has 0 unspecified atom stereocenters. The average molecular weight is 367 g/mol. The van der Waals surface area contributed by atoms with Gasteiger partial charge in [0.15, 0.2) is 0 Å². The Morgan fingerprint density at radius 3 is 2.41 bits per heavy atom. The number of ether oxygens (including phenoxy) is 1. The minimum Gasteiger partial charge on any atom is -0.497 e. The molecule has 3 rings (SSSR count). The van der Waals surface area contributed by atoms with Crippen molar-refractivity contribution in [3.05, 3.63) is 65.7 Å². The maximum atomic E-state index is 12.2. The zero-order valence-corrected chi connectivity index (χ0v) is 16.1. The fourth-order valence-corrected chi connectivity index (χ4v) is 3.38. The highest BCUT2D eigenvalue weighted by Crippen LogP contribution is 2.12. The van der Waals surface area contributed by atoms with Crippen molar-refractivity contribution >= 4 is 5.91 Å². The van der Waals surface area contributed by atoms with E-state index in [9.17, 15) is 4.79 Å². The summed E-state index contributed by atoms with van der Waals surface area (Å²) in [5.74, 6) is 0.960. The highest BCUT2D eigenvalue weighted by molar-refractivity contribution is 5.78. The van der Waals surface area contributed by atoms with Crippen LogP contribution in [0.5, 0.6) is 5.75 Å². The van der Waals surface area contributed by atoms with Crippen LogP contribution < -0.4 is 10.1 Å². The molecule has 144 valence electrons. The van der Waals surface area contributed by atoms with E-state index in [2.05, 4.69) is 45.4 Å². The van der Waals surface area contributed by atoms with Gasteiger partial charge in [0.05, 0.1) is 13.7 Å². The standard InChI is InChI=1S/C22H29N3O2/c1-27-21-9-5-8-19(16-21)10-11-23-22(26)18-25-14-12-24(13-15-25)17-20-6-3-2-4-7-20/h2-9,16H,10-15,17-18H2,1H3,(H,23,26). The van der Waals surface area contributed by atoms with Crippen LogP contribution in [0.2, 0.25) is 0 Å². The van der Waals surface area contributed by atoms with Gasteiger partial charge < -0.3 is 10.1 Å². The van der Waals surface area contributed by atoms with Crippen LogP contribution in [0.15, 0.2) is 54.6 Å². The third-order valence-corrected chi connectivity index (χ3v) is 4.95. The minimum absolute atomic E-state index is 0.106. The molecule has 0 aromatic heterocycles. The molecule has 2 aromatic carbocycles. The maximum absolute atomic E-state index is 12.2. The molecule has 1 aliphatic heterocycles. The second-order valence-electron chi connectivity index (χ2n) is 6.99. The van der Waals surface area contributed by atoms with Crippen molar-refractivity contribution in [2.75, 3.05) is 46.4 Å². The molecule has 0 bridgehead atoms. The van der Waals surface area contributed by atoms with Crippen LogP contribution in [-0.4, -0.2) is 62.1 Å². The minimum atomic E-state index is 0.106. The summed E-state index contributed by atoms with van der Waals surface area (Å²) in [6, 6.07) is 18.5. The largest absolute Gasteiger partial charge is 0.497 e. The molecule has 1 heterocycles. The number of carbonyl (C=O) groups excluding carboxylic acids is 1. The lowest BCUT2D eigenvalue weighted by molar-refractivity contribution is -0.122. The molecule has 1 amide bonds. The average Bonchev–Trinajstić information content (AvgIpc) is 2.70. The van der Waals surface area contributed by atoms with Gasteiger partial charge in [-0.25, -0.2) is 0 Å². The predicted molar refractivity (Wildman–Crippen MR) is 108 cm³/mol. The first-order valence-electron chi connectivity index (χ1n) is 9.61. The summed E-state index contributed by atoms with van der Waals surface area (Å²) in [5, 5.41) is 3.03. The number of amides is 1. The van der Waals surface area contributed by atoms with Crippen LogP contribution in [-0.2, 0) is 17.8 Å². The van der Waals surface area contributed by atoms with Crippen LogP contribution in [0.25, 0.3) is 0 Å². The van der Waals surface area contributed by atoms with Gasteiger partial charge in [0.2, 0.25) is 5.91 Å². The molecule has 1 fully saturated rings.